The third-order valence-electron chi connectivity index (χ3n) is 3.56. The molecule has 0 bridgehead atoms. The number of esters is 1. The van der Waals surface area contributed by atoms with Crippen LogP contribution in [0.5, 0.6) is 0 Å². The van der Waals surface area contributed by atoms with E-state index in [2.05, 4.69) is 9.73 Å². The average Bonchev–Trinajstić information content (AvgIpc) is 2.97. The fourth-order valence-corrected chi connectivity index (χ4v) is 3.33. The summed E-state index contributed by atoms with van der Waals surface area (Å²) in [6.45, 7) is 0. The monoisotopic (exact) mass is 400 g/mol. The first-order chi connectivity index (χ1) is 13.0. The summed E-state index contributed by atoms with van der Waals surface area (Å²) >= 11 is 6.77. The molecule has 0 N–H and O–H groups in total. The zero-order valence-corrected chi connectivity index (χ0v) is 15.7. The topological polar surface area (TPSA) is 76.0 Å². The lowest BCUT2D eigenvalue weighted by atomic mass is 10.2. The van der Waals surface area contributed by atoms with Gasteiger partial charge in [0.15, 0.2) is 5.17 Å². The maximum Gasteiger partial charge on any atom is 0.331 e. The van der Waals surface area contributed by atoms with E-state index < -0.39 is 17.8 Å². The Morgan fingerprint density at radius 1 is 1.11 bits per heavy atom. The summed E-state index contributed by atoms with van der Waals surface area (Å²) in [5.74, 6) is -1.65. The second-order valence-corrected chi connectivity index (χ2v) is 6.76. The van der Waals surface area contributed by atoms with Crippen LogP contribution in [0.1, 0.15) is 10.4 Å². The number of benzene rings is 2. The molecule has 2 aromatic carbocycles. The third-order valence-corrected chi connectivity index (χ3v) is 4.78. The predicted molar refractivity (Wildman–Crippen MR) is 105 cm³/mol. The largest absolute Gasteiger partial charge is 0.466 e. The van der Waals surface area contributed by atoms with Gasteiger partial charge in [0.05, 0.1) is 17.7 Å². The van der Waals surface area contributed by atoms with Crippen molar-refractivity contribution in [3.05, 3.63) is 76.2 Å². The standard InChI is InChI=1S/C19H13ClN2O4S/c1-26-16(23)11-15-18(25)22(14-5-3-2-4-6-14)19(27-15)21-17(24)12-7-9-13(20)10-8-12/h2-11H,1H3. The van der Waals surface area contributed by atoms with Crippen LogP contribution in [0, 0.1) is 0 Å². The third kappa shape index (κ3) is 4.27. The molecular weight excluding hydrogens is 388 g/mol. The van der Waals surface area contributed by atoms with E-state index in [4.69, 9.17) is 11.6 Å². The van der Waals surface area contributed by atoms with Crippen molar-refractivity contribution in [1.82, 2.24) is 0 Å². The number of hydrogen-bond donors (Lipinski definition) is 0. The van der Waals surface area contributed by atoms with E-state index in [0.717, 1.165) is 17.8 Å². The number of aliphatic imine (C=N–C) groups is 1. The molecule has 8 heteroatoms. The fraction of sp³-hybridized carbons (Fsp3) is 0.0526. The van der Waals surface area contributed by atoms with Crippen LogP contribution in [-0.4, -0.2) is 30.1 Å². The van der Waals surface area contributed by atoms with Crippen molar-refractivity contribution in [3.63, 3.8) is 0 Å². The summed E-state index contributed by atoms with van der Waals surface area (Å²) in [4.78, 5) is 42.3. The number of amidine groups is 1. The second-order valence-electron chi connectivity index (χ2n) is 5.32. The van der Waals surface area contributed by atoms with Crippen molar-refractivity contribution < 1.29 is 19.1 Å². The lowest BCUT2D eigenvalue weighted by Crippen LogP contribution is -2.29. The van der Waals surface area contributed by atoms with E-state index in [-0.39, 0.29) is 10.1 Å². The van der Waals surface area contributed by atoms with Crippen molar-refractivity contribution in [1.29, 1.82) is 0 Å². The number of nitrogens with zero attached hydrogens (tertiary/aromatic N) is 2. The number of rotatable bonds is 3. The van der Waals surface area contributed by atoms with E-state index in [1.54, 1.807) is 54.6 Å². The van der Waals surface area contributed by atoms with Crippen molar-refractivity contribution in [3.8, 4) is 0 Å². The van der Waals surface area contributed by atoms with E-state index >= 15 is 0 Å². The van der Waals surface area contributed by atoms with Crippen LogP contribution in [0.4, 0.5) is 5.69 Å². The molecule has 0 spiro atoms. The molecule has 0 aliphatic carbocycles. The summed E-state index contributed by atoms with van der Waals surface area (Å²) in [6, 6.07) is 15.0. The van der Waals surface area contributed by atoms with Crippen LogP contribution in [-0.2, 0) is 14.3 Å². The number of carbonyl (C=O) groups is 3. The molecule has 1 heterocycles. The predicted octanol–water partition coefficient (Wildman–Crippen LogP) is 3.67. The number of methoxy groups -OCH3 is 1. The number of thioether (sulfide) groups is 1. The Kier molecular flexibility index (Phi) is 5.73. The Hall–Kier alpha value is -2.90. The zero-order chi connectivity index (χ0) is 19.4. The molecule has 0 atom stereocenters. The Morgan fingerprint density at radius 3 is 2.41 bits per heavy atom. The molecule has 0 aromatic heterocycles. The number of halogens is 1. The van der Waals surface area contributed by atoms with Crippen molar-refractivity contribution >= 4 is 52.0 Å². The molecule has 1 fully saturated rings. The zero-order valence-electron chi connectivity index (χ0n) is 14.1. The second kappa shape index (κ2) is 8.20. The molecule has 2 aromatic rings. The number of carbonyl (C=O) groups excluding carboxylic acids is 3. The summed E-state index contributed by atoms with van der Waals surface area (Å²) in [7, 11) is 1.22. The molecule has 27 heavy (non-hydrogen) atoms. The Labute approximate surface area is 164 Å². The van der Waals surface area contributed by atoms with Crippen molar-refractivity contribution in [2.75, 3.05) is 12.0 Å². The van der Waals surface area contributed by atoms with E-state index in [9.17, 15) is 14.4 Å². The molecule has 0 unspecified atom stereocenters. The maximum absolute atomic E-state index is 12.7. The van der Waals surface area contributed by atoms with Gasteiger partial charge in [-0.15, -0.1) is 0 Å². The lowest BCUT2D eigenvalue weighted by molar-refractivity contribution is -0.135. The maximum atomic E-state index is 12.7. The van der Waals surface area contributed by atoms with Crippen LogP contribution in [0.25, 0.3) is 0 Å². The van der Waals surface area contributed by atoms with Crippen LogP contribution in [0.15, 0.2) is 70.6 Å². The van der Waals surface area contributed by atoms with Crippen LogP contribution in [0.3, 0.4) is 0 Å². The molecule has 3 rings (SSSR count). The molecule has 136 valence electrons. The number of para-hydroxylation sites is 1. The smallest absolute Gasteiger partial charge is 0.331 e. The first-order valence-corrected chi connectivity index (χ1v) is 8.94. The molecule has 1 aliphatic heterocycles. The van der Waals surface area contributed by atoms with Crippen molar-refractivity contribution in [2.24, 2.45) is 4.99 Å². The number of anilines is 1. The normalized spacial score (nSPS) is 16.8. The van der Waals surface area contributed by atoms with Gasteiger partial charge in [0.2, 0.25) is 0 Å². The van der Waals surface area contributed by atoms with Gasteiger partial charge < -0.3 is 4.74 Å². The summed E-state index contributed by atoms with van der Waals surface area (Å²) < 4.78 is 4.58. The first-order valence-electron chi connectivity index (χ1n) is 7.75. The number of amides is 2. The Bertz CT molecular complexity index is 955. The highest BCUT2D eigenvalue weighted by Crippen LogP contribution is 2.35. The number of hydrogen-bond acceptors (Lipinski definition) is 5. The highest BCUT2D eigenvalue weighted by atomic mass is 35.5. The van der Waals surface area contributed by atoms with Gasteiger partial charge in [0, 0.05) is 16.7 Å². The number of ether oxygens (including phenoxy) is 1. The average molecular weight is 401 g/mol. The molecule has 1 saturated heterocycles. The Balaban J connectivity index is 2.00. The lowest BCUT2D eigenvalue weighted by Gasteiger charge is -2.15. The van der Waals surface area contributed by atoms with Gasteiger partial charge in [-0.3, -0.25) is 14.5 Å². The summed E-state index contributed by atoms with van der Waals surface area (Å²) in [6.07, 6.45) is 1.08. The highest BCUT2D eigenvalue weighted by molar-refractivity contribution is 8.19. The van der Waals surface area contributed by atoms with Crippen LogP contribution >= 0.6 is 23.4 Å². The quantitative estimate of drug-likeness (QED) is 0.580. The summed E-state index contributed by atoms with van der Waals surface area (Å²) in [5, 5.41) is 0.653. The van der Waals surface area contributed by atoms with Crippen molar-refractivity contribution in [2.45, 2.75) is 0 Å². The SMILES string of the molecule is COC(=O)C=C1SC(=NC(=O)c2ccc(Cl)cc2)N(c2ccccc2)C1=O. The first kappa shape index (κ1) is 18.9. The van der Waals surface area contributed by atoms with E-state index in [0.29, 0.717) is 16.3 Å². The van der Waals surface area contributed by atoms with Gasteiger partial charge in [0.25, 0.3) is 11.8 Å². The van der Waals surface area contributed by atoms with Gasteiger partial charge in [-0.25, -0.2) is 4.79 Å². The minimum absolute atomic E-state index is 0.119. The van der Waals surface area contributed by atoms with Gasteiger partial charge in [-0.05, 0) is 48.2 Å². The van der Waals surface area contributed by atoms with E-state index in [1.807, 2.05) is 0 Å². The van der Waals surface area contributed by atoms with Gasteiger partial charge in [0.1, 0.15) is 0 Å². The van der Waals surface area contributed by atoms with Crippen LogP contribution in [0.2, 0.25) is 5.02 Å². The molecule has 2 amide bonds. The molecule has 1 aliphatic rings. The molecule has 0 saturated carbocycles. The molecule has 0 radical (unpaired) electrons. The van der Waals surface area contributed by atoms with E-state index in [1.165, 1.54) is 12.0 Å². The minimum atomic E-state index is -0.663. The van der Waals surface area contributed by atoms with Crippen LogP contribution < -0.4 is 4.90 Å². The van der Waals surface area contributed by atoms with Gasteiger partial charge in [-0.2, -0.15) is 4.99 Å². The minimum Gasteiger partial charge on any atom is -0.466 e. The van der Waals surface area contributed by atoms with Gasteiger partial charge in [-0.1, -0.05) is 29.8 Å². The Morgan fingerprint density at radius 2 is 1.78 bits per heavy atom. The molecule has 6 nitrogen and oxygen atoms in total. The highest BCUT2D eigenvalue weighted by Gasteiger charge is 2.35. The fourth-order valence-electron chi connectivity index (χ4n) is 2.26. The summed E-state index contributed by atoms with van der Waals surface area (Å²) in [5.41, 5.74) is 0.865. The van der Waals surface area contributed by atoms with Gasteiger partial charge >= 0.3 is 5.97 Å². The molecular formula is C19H13ClN2O4S.